The van der Waals surface area contributed by atoms with Gasteiger partial charge < -0.3 is 15.0 Å². The minimum Gasteiger partial charge on any atom is -0.495 e. The zero-order valence-corrected chi connectivity index (χ0v) is 12.5. The Labute approximate surface area is 120 Å². The van der Waals surface area contributed by atoms with Crippen LogP contribution in [0.15, 0.2) is 18.2 Å². The molecule has 1 aromatic rings. The van der Waals surface area contributed by atoms with E-state index < -0.39 is 0 Å². The molecule has 1 atom stereocenters. The molecule has 3 nitrogen and oxygen atoms in total. The van der Waals surface area contributed by atoms with Crippen LogP contribution in [-0.4, -0.2) is 32.8 Å². The Morgan fingerprint density at radius 3 is 3.05 bits per heavy atom. The third-order valence-electron chi connectivity index (χ3n) is 3.62. The molecule has 1 N–H and O–H groups in total. The molecule has 1 unspecified atom stereocenters. The van der Waals surface area contributed by atoms with Gasteiger partial charge in [0.2, 0.25) is 0 Å². The molecule has 0 aliphatic carbocycles. The topological polar surface area (TPSA) is 24.5 Å². The Kier molecular flexibility index (Phi) is 5.34. The first-order valence-corrected chi connectivity index (χ1v) is 7.44. The fourth-order valence-electron chi connectivity index (χ4n) is 2.62. The predicted molar refractivity (Wildman–Crippen MR) is 81.5 cm³/mol. The summed E-state index contributed by atoms with van der Waals surface area (Å²) in [6, 6.07) is 6.62. The van der Waals surface area contributed by atoms with E-state index in [1.165, 1.54) is 24.9 Å². The summed E-state index contributed by atoms with van der Waals surface area (Å²) in [7, 11) is 1.66. The lowest BCUT2D eigenvalue weighted by Gasteiger charge is -2.26. The fraction of sp³-hybridized carbons (Fsp3) is 0.600. The zero-order valence-electron chi connectivity index (χ0n) is 11.8. The highest BCUT2D eigenvalue weighted by Gasteiger charge is 2.18. The summed E-state index contributed by atoms with van der Waals surface area (Å²) in [5, 5.41) is 4.29. The van der Waals surface area contributed by atoms with Crippen LogP contribution in [0.5, 0.6) is 5.75 Å². The first-order chi connectivity index (χ1) is 9.24. The summed E-state index contributed by atoms with van der Waals surface area (Å²) in [6.45, 7) is 5.48. The highest BCUT2D eigenvalue weighted by atomic mass is 35.5. The first kappa shape index (κ1) is 14.5. The quantitative estimate of drug-likeness (QED) is 0.917. The molecule has 0 aromatic heterocycles. The van der Waals surface area contributed by atoms with Crippen molar-refractivity contribution in [1.29, 1.82) is 0 Å². The van der Waals surface area contributed by atoms with Crippen molar-refractivity contribution in [3.63, 3.8) is 0 Å². The molecule has 1 aliphatic heterocycles. The minimum atomic E-state index is 0.578. The third-order valence-corrected chi connectivity index (χ3v) is 3.93. The van der Waals surface area contributed by atoms with Gasteiger partial charge in [-0.15, -0.1) is 0 Å². The highest BCUT2D eigenvalue weighted by molar-refractivity contribution is 6.32. The van der Waals surface area contributed by atoms with Crippen LogP contribution >= 0.6 is 11.6 Å². The van der Waals surface area contributed by atoms with Crippen molar-refractivity contribution < 1.29 is 4.74 Å². The maximum absolute atomic E-state index is 6.09. The number of nitrogens with zero attached hydrogens (tertiary/aromatic N) is 1. The molecule has 0 saturated carbocycles. The largest absolute Gasteiger partial charge is 0.495 e. The number of methoxy groups -OCH3 is 1. The molecule has 19 heavy (non-hydrogen) atoms. The Bertz CT molecular complexity index is 411. The van der Waals surface area contributed by atoms with Gasteiger partial charge >= 0.3 is 0 Å². The van der Waals surface area contributed by atoms with Crippen LogP contribution in [0, 0.1) is 0 Å². The Hall–Kier alpha value is -0.930. The summed E-state index contributed by atoms with van der Waals surface area (Å²) in [6.07, 6.45) is 3.61. The Morgan fingerprint density at radius 2 is 2.32 bits per heavy atom. The lowest BCUT2D eigenvalue weighted by molar-refractivity contribution is 0.415. The Morgan fingerprint density at radius 1 is 1.47 bits per heavy atom. The number of rotatable bonds is 4. The van der Waals surface area contributed by atoms with Crippen molar-refractivity contribution in [3.8, 4) is 5.75 Å². The monoisotopic (exact) mass is 282 g/mol. The number of anilines is 1. The van der Waals surface area contributed by atoms with E-state index in [0.29, 0.717) is 11.1 Å². The van der Waals surface area contributed by atoms with Crippen molar-refractivity contribution in [3.05, 3.63) is 23.2 Å². The van der Waals surface area contributed by atoms with Gasteiger partial charge in [-0.1, -0.05) is 24.9 Å². The molecule has 2 rings (SSSR count). The van der Waals surface area contributed by atoms with Gasteiger partial charge in [0.25, 0.3) is 0 Å². The molecule has 1 saturated heterocycles. The van der Waals surface area contributed by atoms with Crippen molar-refractivity contribution >= 4 is 17.3 Å². The van der Waals surface area contributed by atoms with E-state index in [-0.39, 0.29) is 0 Å². The van der Waals surface area contributed by atoms with Gasteiger partial charge in [0, 0.05) is 30.9 Å². The SMILES string of the molecule is CCCC1CN(c2ccc(Cl)c(OC)c2)CCCN1. The first-order valence-electron chi connectivity index (χ1n) is 7.06. The number of hydrogen-bond donors (Lipinski definition) is 1. The number of benzene rings is 1. The van der Waals surface area contributed by atoms with E-state index in [1.807, 2.05) is 12.1 Å². The Balaban J connectivity index is 2.14. The van der Waals surface area contributed by atoms with E-state index in [9.17, 15) is 0 Å². The number of ether oxygens (including phenoxy) is 1. The van der Waals surface area contributed by atoms with Crippen molar-refractivity contribution in [1.82, 2.24) is 5.32 Å². The predicted octanol–water partition coefficient (Wildman–Crippen LogP) is 3.32. The van der Waals surface area contributed by atoms with Crippen molar-refractivity contribution in [2.75, 3.05) is 31.6 Å². The van der Waals surface area contributed by atoms with Crippen LogP contribution in [0.4, 0.5) is 5.69 Å². The molecule has 1 aromatic carbocycles. The minimum absolute atomic E-state index is 0.578. The number of halogens is 1. The number of nitrogens with one attached hydrogen (secondary N) is 1. The zero-order chi connectivity index (χ0) is 13.7. The number of hydrogen-bond acceptors (Lipinski definition) is 3. The van der Waals surface area contributed by atoms with Crippen LogP contribution in [0.2, 0.25) is 5.02 Å². The average Bonchev–Trinajstić information content (AvgIpc) is 2.65. The molecule has 0 amide bonds. The third kappa shape index (κ3) is 3.77. The van der Waals surface area contributed by atoms with E-state index in [2.05, 4.69) is 23.2 Å². The van der Waals surface area contributed by atoms with Crippen LogP contribution in [0.1, 0.15) is 26.2 Å². The molecular weight excluding hydrogens is 260 g/mol. The van der Waals surface area contributed by atoms with E-state index in [4.69, 9.17) is 16.3 Å². The highest BCUT2D eigenvalue weighted by Crippen LogP contribution is 2.30. The molecule has 1 fully saturated rings. The van der Waals surface area contributed by atoms with Gasteiger partial charge in [-0.2, -0.15) is 0 Å². The van der Waals surface area contributed by atoms with E-state index >= 15 is 0 Å². The second-order valence-corrected chi connectivity index (χ2v) is 5.47. The average molecular weight is 283 g/mol. The normalized spacial score (nSPS) is 20.2. The smallest absolute Gasteiger partial charge is 0.139 e. The van der Waals surface area contributed by atoms with Crippen LogP contribution in [0.3, 0.4) is 0 Å². The molecule has 1 aliphatic rings. The van der Waals surface area contributed by atoms with Gasteiger partial charge in [-0.3, -0.25) is 0 Å². The van der Waals surface area contributed by atoms with Crippen LogP contribution in [-0.2, 0) is 0 Å². The lowest BCUT2D eigenvalue weighted by atomic mass is 10.1. The van der Waals surface area contributed by atoms with Gasteiger partial charge in [0.1, 0.15) is 5.75 Å². The molecule has 4 heteroatoms. The second kappa shape index (κ2) is 7.01. The standard InChI is InChI=1S/C15H23ClN2O/c1-3-5-12-11-18(9-4-8-17-12)13-6-7-14(16)15(10-13)19-2/h6-7,10,12,17H,3-5,8-9,11H2,1-2H3. The molecule has 0 spiro atoms. The van der Waals surface area contributed by atoms with Crippen molar-refractivity contribution in [2.45, 2.75) is 32.2 Å². The fourth-order valence-corrected chi connectivity index (χ4v) is 2.81. The van der Waals surface area contributed by atoms with Gasteiger partial charge in [0.15, 0.2) is 0 Å². The van der Waals surface area contributed by atoms with E-state index in [1.54, 1.807) is 7.11 Å². The van der Waals surface area contributed by atoms with Gasteiger partial charge in [0.05, 0.1) is 12.1 Å². The summed E-state index contributed by atoms with van der Waals surface area (Å²) in [5.41, 5.74) is 1.20. The molecular formula is C15H23ClN2O. The molecule has 106 valence electrons. The molecule has 0 radical (unpaired) electrons. The van der Waals surface area contributed by atoms with Gasteiger partial charge in [-0.05, 0) is 31.5 Å². The summed E-state index contributed by atoms with van der Waals surface area (Å²) in [4.78, 5) is 2.43. The summed E-state index contributed by atoms with van der Waals surface area (Å²) < 4.78 is 5.31. The summed E-state index contributed by atoms with van der Waals surface area (Å²) in [5.74, 6) is 0.753. The lowest BCUT2D eigenvalue weighted by Crippen LogP contribution is -2.37. The molecule has 1 heterocycles. The second-order valence-electron chi connectivity index (χ2n) is 5.06. The van der Waals surface area contributed by atoms with Crippen LogP contribution < -0.4 is 15.0 Å². The summed E-state index contributed by atoms with van der Waals surface area (Å²) >= 11 is 6.09. The maximum Gasteiger partial charge on any atom is 0.139 e. The van der Waals surface area contributed by atoms with Crippen LogP contribution in [0.25, 0.3) is 0 Å². The maximum atomic E-state index is 6.09. The van der Waals surface area contributed by atoms with E-state index in [0.717, 1.165) is 25.4 Å². The van der Waals surface area contributed by atoms with Crippen molar-refractivity contribution in [2.24, 2.45) is 0 Å². The molecule has 0 bridgehead atoms. The van der Waals surface area contributed by atoms with Gasteiger partial charge in [-0.25, -0.2) is 0 Å².